The van der Waals surface area contributed by atoms with Crippen LogP contribution in [-0.4, -0.2) is 73.2 Å². The van der Waals surface area contributed by atoms with E-state index in [1.165, 1.54) is 0 Å². The lowest BCUT2D eigenvalue weighted by atomic mass is 10.00. The Balaban J connectivity index is 6.49. The second-order valence-electron chi connectivity index (χ2n) is 6.00. The zero-order valence-corrected chi connectivity index (χ0v) is 17.8. The van der Waals surface area contributed by atoms with Gasteiger partial charge < -0.3 is 29.6 Å². The Morgan fingerprint density at radius 3 is 1.03 bits per heavy atom. The molecule has 30 heavy (non-hydrogen) atoms. The third-order valence-electron chi connectivity index (χ3n) is 3.33. The predicted molar refractivity (Wildman–Crippen MR) is 99.6 cm³/mol. The summed E-state index contributed by atoms with van der Waals surface area (Å²) in [6, 6.07) is 0. The maximum atomic E-state index is 12.5. The van der Waals surface area contributed by atoms with Gasteiger partial charge in [0.2, 0.25) is 12.2 Å². The number of rotatable bonds is 11. The summed E-state index contributed by atoms with van der Waals surface area (Å²) in [5.74, 6) is -5.45. The van der Waals surface area contributed by atoms with Gasteiger partial charge in [0.25, 0.3) is 11.8 Å². The third-order valence-corrected chi connectivity index (χ3v) is 3.33. The van der Waals surface area contributed by atoms with Gasteiger partial charge in [0.1, 0.15) is 0 Å². The van der Waals surface area contributed by atoms with E-state index in [1.54, 1.807) is 13.8 Å². The van der Waals surface area contributed by atoms with Crippen LogP contribution in [0.15, 0.2) is 0 Å². The third kappa shape index (κ3) is 9.34. The first-order valence-corrected chi connectivity index (χ1v) is 9.18. The van der Waals surface area contributed by atoms with Crippen molar-refractivity contribution < 1.29 is 47.7 Å². The molecule has 12 heteroatoms. The Kier molecular flexibility index (Phi) is 11.7. The molecule has 0 aliphatic carbocycles. The second-order valence-corrected chi connectivity index (χ2v) is 6.00. The van der Waals surface area contributed by atoms with E-state index < -0.39 is 60.1 Å². The van der Waals surface area contributed by atoms with Gasteiger partial charge in [0.05, 0.1) is 0 Å². The zero-order valence-electron chi connectivity index (χ0n) is 17.8. The van der Waals surface area contributed by atoms with Crippen LogP contribution in [0.25, 0.3) is 0 Å². The van der Waals surface area contributed by atoms with Gasteiger partial charge in [-0.05, 0) is 13.8 Å². The summed E-state index contributed by atoms with van der Waals surface area (Å²) < 4.78 is 20.2. The molecule has 2 amide bonds. The summed E-state index contributed by atoms with van der Waals surface area (Å²) >= 11 is 0. The van der Waals surface area contributed by atoms with Crippen molar-refractivity contribution in [2.75, 3.05) is 13.1 Å². The molecule has 0 aliphatic heterocycles. The maximum absolute atomic E-state index is 12.5. The number of carbonyl (C=O) groups excluding carboxylic acids is 6. The van der Waals surface area contributed by atoms with Gasteiger partial charge in [0.15, 0.2) is 12.2 Å². The van der Waals surface area contributed by atoms with Crippen molar-refractivity contribution >= 4 is 35.7 Å². The molecule has 0 bridgehead atoms. The second kappa shape index (κ2) is 13.1. The SMILES string of the molecule is CCNC(=O)C(OC(C)=O)C(OC(C)=O)C(OC(C)=O)C(OC(C)=O)C(=O)NCC. The Morgan fingerprint density at radius 1 is 0.567 bits per heavy atom. The molecular weight excluding hydrogens is 404 g/mol. The molecule has 0 fully saturated rings. The van der Waals surface area contributed by atoms with E-state index in [1.807, 2.05) is 0 Å². The molecular formula is C18H28N2O10. The highest BCUT2D eigenvalue weighted by molar-refractivity contribution is 5.87. The Morgan fingerprint density at radius 2 is 0.833 bits per heavy atom. The van der Waals surface area contributed by atoms with E-state index in [4.69, 9.17) is 18.9 Å². The standard InChI is InChI=1S/C18H28N2O10/c1-7-19-17(25)15(29-11(5)23)13(27-9(3)21)14(28-10(4)22)16(30-12(6)24)18(26)20-8-2/h13-16H,7-8H2,1-6H3,(H,19,25)(H,20,26). The van der Waals surface area contributed by atoms with Gasteiger partial charge in [-0.2, -0.15) is 0 Å². The van der Waals surface area contributed by atoms with E-state index in [9.17, 15) is 28.8 Å². The Labute approximate surface area is 173 Å². The number of hydrogen-bond donors (Lipinski definition) is 2. The number of hydrogen-bond acceptors (Lipinski definition) is 10. The average molecular weight is 432 g/mol. The maximum Gasteiger partial charge on any atom is 0.303 e. The highest BCUT2D eigenvalue weighted by atomic mass is 16.6. The number of carbonyl (C=O) groups is 6. The molecule has 0 radical (unpaired) electrons. The van der Waals surface area contributed by atoms with Crippen molar-refractivity contribution in [2.24, 2.45) is 0 Å². The van der Waals surface area contributed by atoms with Gasteiger partial charge in [0, 0.05) is 40.8 Å². The fourth-order valence-electron chi connectivity index (χ4n) is 2.43. The summed E-state index contributed by atoms with van der Waals surface area (Å²) in [5, 5.41) is 4.78. The Hall–Kier alpha value is -3.18. The minimum Gasteiger partial charge on any atom is -0.454 e. The van der Waals surface area contributed by atoms with Crippen molar-refractivity contribution in [3.8, 4) is 0 Å². The molecule has 12 nitrogen and oxygen atoms in total. The molecule has 0 aromatic heterocycles. The molecule has 2 N–H and O–H groups in total. The van der Waals surface area contributed by atoms with Gasteiger partial charge in [-0.3, -0.25) is 28.8 Å². The quantitative estimate of drug-likeness (QED) is 0.305. The van der Waals surface area contributed by atoms with E-state index in [0.717, 1.165) is 27.7 Å². The van der Waals surface area contributed by atoms with Crippen LogP contribution in [0.2, 0.25) is 0 Å². The Bertz CT molecular complexity index is 607. The van der Waals surface area contributed by atoms with Gasteiger partial charge >= 0.3 is 23.9 Å². The molecule has 0 aromatic carbocycles. The van der Waals surface area contributed by atoms with Crippen LogP contribution < -0.4 is 10.6 Å². The van der Waals surface area contributed by atoms with Crippen LogP contribution >= 0.6 is 0 Å². The summed E-state index contributed by atoms with van der Waals surface area (Å²) in [7, 11) is 0. The van der Waals surface area contributed by atoms with E-state index in [0.29, 0.717) is 0 Å². The van der Waals surface area contributed by atoms with Crippen molar-refractivity contribution in [1.29, 1.82) is 0 Å². The largest absolute Gasteiger partial charge is 0.454 e. The molecule has 4 atom stereocenters. The van der Waals surface area contributed by atoms with Crippen LogP contribution in [0.1, 0.15) is 41.5 Å². The topological polar surface area (TPSA) is 163 Å². The van der Waals surface area contributed by atoms with Crippen molar-refractivity contribution in [3.63, 3.8) is 0 Å². The molecule has 0 saturated heterocycles. The number of amides is 2. The summed E-state index contributed by atoms with van der Waals surface area (Å²) in [5.41, 5.74) is 0. The molecule has 0 aliphatic rings. The van der Waals surface area contributed by atoms with Gasteiger partial charge in [-0.15, -0.1) is 0 Å². The molecule has 0 rings (SSSR count). The number of nitrogens with one attached hydrogen (secondary N) is 2. The minimum atomic E-state index is -1.80. The van der Waals surface area contributed by atoms with E-state index in [-0.39, 0.29) is 13.1 Å². The van der Waals surface area contributed by atoms with Crippen molar-refractivity contribution in [2.45, 2.75) is 66.0 Å². The monoisotopic (exact) mass is 432 g/mol. The highest BCUT2D eigenvalue weighted by Crippen LogP contribution is 2.20. The van der Waals surface area contributed by atoms with Gasteiger partial charge in [-0.1, -0.05) is 0 Å². The summed E-state index contributed by atoms with van der Waals surface area (Å²) in [4.78, 5) is 71.6. The lowest BCUT2D eigenvalue weighted by Crippen LogP contribution is -2.59. The molecule has 0 aromatic rings. The molecule has 0 heterocycles. The predicted octanol–water partition coefficient (Wildman–Crippen LogP) is -1.01. The zero-order chi connectivity index (χ0) is 23.4. The molecule has 0 saturated carbocycles. The van der Waals surface area contributed by atoms with Crippen LogP contribution in [0, 0.1) is 0 Å². The first-order chi connectivity index (χ1) is 13.9. The van der Waals surface area contributed by atoms with E-state index in [2.05, 4.69) is 10.6 Å². The van der Waals surface area contributed by atoms with Crippen LogP contribution in [0.4, 0.5) is 0 Å². The van der Waals surface area contributed by atoms with Crippen LogP contribution in [-0.2, 0) is 47.7 Å². The van der Waals surface area contributed by atoms with Crippen molar-refractivity contribution in [1.82, 2.24) is 10.6 Å². The van der Waals surface area contributed by atoms with E-state index >= 15 is 0 Å². The molecule has 0 spiro atoms. The lowest BCUT2D eigenvalue weighted by Gasteiger charge is -2.34. The van der Waals surface area contributed by atoms with Crippen LogP contribution in [0.5, 0.6) is 0 Å². The van der Waals surface area contributed by atoms with Crippen molar-refractivity contribution in [3.05, 3.63) is 0 Å². The highest BCUT2D eigenvalue weighted by Gasteiger charge is 2.48. The first kappa shape index (κ1) is 26.8. The smallest absolute Gasteiger partial charge is 0.303 e. The molecule has 170 valence electrons. The van der Waals surface area contributed by atoms with Crippen LogP contribution in [0.3, 0.4) is 0 Å². The lowest BCUT2D eigenvalue weighted by molar-refractivity contribution is -0.200. The number of esters is 4. The summed E-state index contributed by atoms with van der Waals surface area (Å²) in [6.07, 6.45) is -7.20. The van der Waals surface area contributed by atoms with Gasteiger partial charge in [-0.25, -0.2) is 0 Å². The summed E-state index contributed by atoms with van der Waals surface area (Å²) in [6.45, 7) is 7.43. The fourth-order valence-corrected chi connectivity index (χ4v) is 2.43. The molecule has 4 unspecified atom stereocenters. The number of ether oxygens (including phenoxy) is 4. The fraction of sp³-hybridized carbons (Fsp3) is 0.667. The number of likely N-dealkylation sites (N-methyl/N-ethyl adjacent to an activating group) is 2. The minimum absolute atomic E-state index is 0.130. The average Bonchev–Trinajstić information content (AvgIpc) is 2.60. The first-order valence-electron chi connectivity index (χ1n) is 9.18. The normalized spacial score (nSPS) is 14.2.